The molecule has 1 aliphatic rings. The van der Waals surface area contributed by atoms with Crippen LogP contribution in [0.4, 0.5) is 0 Å². The van der Waals surface area contributed by atoms with Crippen molar-refractivity contribution in [1.82, 2.24) is 4.90 Å². The lowest BCUT2D eigenvalue weighted by Crippen LogP contribution is -2.46. The summed E-state index contributed by atoms with van der Waals surface area (Å²) in [5.74, 6) is 1.54. The Balaban J connectivity index is 2.14. The first-order chi connectivity index (χ1) is 8.99. The van der Waals surface area contributed by atoms with Crippen LogP contribution in [0.15, 0.2) is 18.2 Å². The molecule has 104 valence electrons. The Morgan fingerprint density at radius 2 is 1.89 bits per heavy atom. The maximum absolute atomic E-state index is 12.6. The summed E-state index contributed by atoms with van der Waals surface area (Å²) in [5.41, 5.74) is 2.96. The predicted octanol–water partition coefficient (Wildman–Crippen LogP) is 1.94. The van der Waals surface area contributed by atoms with Crippen molar-refractivity contribution >= 4 is 16.6 Å². The molecule has 1 saturated heterocycles. The van der Waals surface area contributed by atoms with Crippen molar-refractivity contribution in [2.75, 3.05) is 24.6 Å². The molecule has 0 radical (unpaired) electrons. The number of carbonyl (C=O) groups excluding carboxylic acids is 1. The van der Waals surface area contributed by atoms with Crippen molar-refractivity contribution < 1.29 is 9.00 Å². The minimum absolute atomic E-state index is 0.127. The number of hydrogen-bond acceptors (Lipinski definition) is 3. The van der Waals surface area contributed by atoms with E-state index in [9.17, 15) is 9.00 Å². The third-order valence-electron chi connectivity index (χ3n) is 3.80. The van der Waals surface area contributed by atoms with Crippen LogP contribution in [-0.2, 0) is 10.8 Å². The summed E-state index contributed by atoms with van der Waals surface area (Å²) in [4.78, 5) is 14.7. The van der Waals surface area contributed by atoms with Crippen LogP contribution in [0.3, 0.4) is 0 Å². The average Bonchev–Trinajstić information content (AvgIpc) is 2.41. The van der Waals surface area contributed by atoms with Gasteiger partial charge in [-0.05, 0) is 32.4 Å². The van der Waals surface area contributed by atoms with Gasteiger partial charge >= 0.3 is 0 Å². The van der Waals surface area contributed by atoms with Crippen LogP contribution in [0.5, 0.6) is 0 Å². The highest BCUT2D eigenvalue weighted by molar-refractivity contribution is 7.85. The lowest BCUT2D eigenvalue weighted by Gasteiger charge is -2.31. The summed E-state index contributed by atoms with van der Waals surface area (Å²) in [7, 11) is -0.696. The SMILES string of the molecule is Cc1ccc(C)c(C(=O)C(C)N2CCS(=O)CC2)c1. The number of rotatable bonds is 3. The summed E-state index contributed by atoms with van der Waals surface area (Å²) < 4.78 is 11.4. The Morgan fingerprint density at radius 1 is 1.26 bits per heavy atom. The number of Topliss-reactive ketones (excluding diaryl/α,β-unsaturated/α-hetero) is 1. The Morgan fingerprint density at radius 3 is 2.53 bits per heavy atom. The van der Waals surface area contributed by atoms with Gasteiger partial charge in [-0.1, -0.05) is 17.7 Å². The molecule has 0 aliphatic carbocycles. The van der Waals surface area contributed by atoms with Crippen molar-refractivity contribution in [3.63, 3.8) is 0 Å². The molecule has 1 fully saturated rings. The second kappa shape index (κ2) is 5.97. The van der Waals surface area contributed by atoms with Gasteiger partial charge in [0.15, 0.2) is 5.78 Å². The van der Waals surface area contributed by atoms with Crippen LogP contribution in [0.25, 0.3) is 0 Å². The molecule has 1 aliphatic heterocycles. The normalized spacial score (nSPS) is 19.3. The molecule has 0 spiro atoms. The first-order valence-electron chi connectivity index (χ1n) is 6.69. The molecule has 0 bridgehead atoms. The number of nitrogens with zero attached hydrogens (tertiary/aromatic N) is 1. The highest BCUT2D eigenvalue weighted by Gasteiger charge is 2.26. The Kier molecular flexibility index (Phi) is 4.53. The largest absolute Gasteiger partial charge is 0.292 e. The van der Waals surface area contributed by atoms with E-state index in [1.807, 2.05) is 39.0 Å². The van der Waals surface area contributed by atoms with Crippen LogP contribution in [0.1, 0.15) is 28.4 Å². The fraction of sp³-hybridized carbons (Fsp3) is 0.533. The van der Waals surface area contributed by atoms with Crippen LogP contribution in [0.2, 0.25) is 0 Å². The average molecular weight is 279 g/mol. The van der Waals surface area contributed by atoms with Crippen LogP contribution >= 0.6 is 0 Å². The van der Waals surface area contributed by atoms with Gasteiger partial charge in [-0.25, -0.2) is 0 Å². The maximum atomic E-state index is 12.6. The third kappa shape index (κ3) is 3.31. The monoisotopic (exact) mass is 279 g/mol. The van der Waals surface area contributed by atoms with E-state index in [0.29, 0.717) is 11.5 Å². The summed E-state index contributed by atoms with van der Waals surface area (Å²) in [6.07, 6.45) is 0. The molecule has 3 nitrogen and oxygen atoms in total. The van der Waals surface area contributed by atoms with Gasteiger partial charge in [-0.15, -0.1) is 0 Å². The van der Waals surface area contributed by atoms with Crippen LogP contribution in [0, 0.1) is 13.8 Å². The van der Waals surface area contributed by atoms with Crippen molar-refractivity contribution in [2.24, 2.45) is 0 Å². The Hall–Kier alpha value is -1.00. The molecule has 0 aromatic heterocycles. The lowest BCUT2D eigenvalue weighted by atomic mass is 9.97. The van der Waals surface area contributed by atoms with Crippen molar-refractivity contribution in [3.05, 3.63) is 34.9 Å². The molecule has 2 rings (SSSR count). The third-order valence-corrected chi connectivity index (χ3v) is 5.07. The van der Waals surface area contributed by atoms with Gasteiger partial charge in [0.05, 0.1) is 6.04 Å². The fourth-order valence-electron chi connectivity index (χ4n) is 2.43. The first-order valence-corrected chi connectivity index (χ1v) is 8.18. The minimum atomic E-state index is -0.696. The molecule has 19 heavy (non-hydrogen) atoms. The van der Waals surface area contributed by atoms with Crippen molar-refractivity contribution in [1.29, 1.82) is 0 Å². The summed E-state index contributed by atoms with van der Waals surface area (Å²) in [6, 6.07) is 5.87. The van der Waals surface area contributed by atoms with Crippen molar-refractivity contribution in [2.45, 2.75) is 26.8 Å². The van der Waals surface area contributed by atoms with Gasteiger partial charge in [0.2, 0.25) is 0 Å². The molecule has 0 saturated carbocycles. The van der Waals surface area contributed by atoms with Gasteiger partial charge in [0, 0.05) is 41.0 Å². The summed E-state index contributed by atoms with van der Waals surface area (Å²) in [5, 5.41) is 0. The molecule has 1 heterocycles. The predicted molar refractivity (Wildman–Crippen MR) is 79.2 cm³/mol. The number of carbonyl (C=O) groups is 1. The minimum Gasteiger partial charge on any atom is -0.292 e. The number of ketones is 1. The van der Waals surface area contributed by atoms with E-state index in [2.05, 4.69) is 4.90 Å². The van der Waals surface area contributed by atoms with Gasteiger partial charge < -0.3 is 0 Å². The molecule has 1 atom stereocenters. The number of hydrogen-bond donors (Lipinski definition) is 0. The molecule has 1 aromatic rings. The van der Waals surface area contributed by atoms with Gasteiger partial charge in [-0.2, -0.15) is 0 Å². The highest BCUT2D eigenvalue weighted by atomic mass is 32.2. The van der Waals surface area contributed by atoms with Crippen LogP contribution in [-0.4, -0.2) is 45.5 Å². The highest BCUT2D eigenvalue weighted by Crippen LogP contribution is 2.16. The maximum Gasteiger partial charge on any atom is 0.179 e. The fourth-order valence-corrected chi connectivity index (χ4v) is 3.51. The zero-order valence-electron chi connectivity index (χ0n) is 11.8. The molecule has 4 heteroatoms. The summed E-state index contributed by atoms with van der Waals surface area (Å²) >= 11 is 0. The second-order valence-electron chi connectivity index (χ2n) is 5.24. The van der Waals surface area contributed by atoms with Crippen molar-refractivity contribution in [3.8, 4) is 0 Å². The van der Waals surface area contributed by atoms with E-state index in [1.165, 1.54) is 0 Å². The van der Waals surface area contributed by atoms with Gasteiger partial charge in [0.25, 0.3) is 0 Å². The van der Waals surface area contributed by atoms with Crippen LogP contribution < -0.4 is 0 Å². The van der Waals surface area contributed by atoms with Gasteiger partial charge in [0.1, 0.15) is 0 Å². The topological polar surface area (TPSA) is 37.4 Å². The second-order valence-corrected chi connectivity index (χ2v) is 6.94. The van der Waals surface area contributed by atoms with E-state index in [4.69, 9.17) is 0 Å². The van der Waals surface area contributed by atoms with E-state index in [1.54, 1.807) is 0 Å². The molecular weight excluding hydrogens is 258 g/mol. The molecule has 0 N–H and O–H groups in total. The zero-order chi connectivity index (χ0) is 14.0. The Labute approximate surface area is 117 Å². The number of benzene rings is 1. The van der Waals surface area contributed by atoms with E-state index in [-0.39, 0.29) is 11.8 Å². The smallest absolute Gasteiger partial charge is 0.179 e. The zero-order valence-corrected chi connectivity index (χ0v) is 12.6. The number of aryl methyl sites for hydroxylation is 2. The Bertz CT molecular complexity index is 503. The molecule has 0 amide bonds. The molecular formula is C15H21NO2S. The van der Waals surface area contributed by atoms with Gasteiger partial charge in [-0.3, -0.25) is 13.9 Å². The standard InChI is InChI=1S/C15H21NO2S/c1-11-4-5-12(2)14(10-11)15(17)13(3)16-6-8-19(18)9-7-16/h4-5,10,13H,6-9H2,1-3H3. The summed E-state index contributed by atoms with van der Waals surface area (Å²) in [6.45, 7) is 7.45. The van der Waals surface area contributed by atoms with E-state index in [0.717, 1.165) is 29.8 Å². The lowest BCUT2D eigenvalue weighted by molar-refractivity contribution is 0.0849. The van der Waals surface area contributed by atoms with E-state index < -0.39 is 10.8 Å². The molecule has 1 aromatic carbocycles. The first kappa shape index (κ1) is 14.4. The quantitative estimate of drug-likeness (QED) is 0.794. The molecule has 1 unspecified atom stereocenters. The van der Waals surface area contributed by atoms with E-state index >= 15 is 0 Å².